The highest BCUT2D eigenvalue weighted by molar-refractivity contribution is 9.10. The molecule has 0 saturated heterocycles. The van der Waals surface area contributed by atoms with Gasteiger partial charge in [-0.25, -0.2) is 14.4 Å². The number of amides is 1. The van der Waals surface area contributed by atoms with E-state index in [9.17, 15) is 9.18 Å². The third-order valence-electron chi connectivity index (χ3n) is 6.57. The van der Waals surface area contributed by atoms with E-state index in [1.54, 1.807) is 27.5 Å². The number of imidazole rings is 2. The largest absolute Gasteiger partial charge is 0.346 e. The molecule has 0 radical (unpaired) electrons. The highest BCUT2D eigenvalue weighted by atomic mass is 79.9. The Labute approximate surface area is 215 Å². The highest BCUT2D eigenvalue weighted by Crippen LogP contribution is 2.40. The SMILES string of the molecule is CCCc1cc(C2CC2)cn2cc(Cn3cc(C(=O)NCc4ncn5ccc(Br)c(F)c45)cn3)nc12. The Bertz CT molecular complexity index is 1600. The van der Waals surface area contributed by atoms with Gasteiger partial charge in [0.15, 0.2) is 5.82 Å². The van der Waals surface area contributed by atoms with Crippen LogP contribution < -0.4 is 5.32 Å². The molecule has 6 rings (SSSR count). The molecule has 1 aliphatic rings. The molecule has 0 aliphatic heterocycles. The Kier molecular flexibility index (Phi) is 5.83. The van der Waals surface area contributed by atoms with Crippen LogP contribution in [0.25, 0.3) is 11.2 Å². The fraction of sp³-hybridized carbons (Fsp3) is 0.308. The number of halogens is 2. The number of rotatable bonds is 8. The highest BCUT2D eigenvalue weighted by Gasteiger charge is 2.25. The lowest BCUT2D eigenvalue weighted by molar-refractivity contribution is 0.0950. The van der Waals surface area contributed by atoms with Crippen LogP contribution in [0.4, 0.5) is 4.39 Å². The second-order valence-corrected chi connectivity index (χ2v) is 10.2. The smallest absolute Gasteiger partial charge is 0.254 e. The van der Waals surface area contributed by atoms with Crippen molar-refractivity contribution in [2.75, 3.05) is 0 Å². The van der Waals surface area contributed by atoms with Gasteiger partial charge in [0.1, 0.15) is 11.2 Å². The average molecular weight is 550 g/mol. The number of aryl methyl sites for hydroxylation is 1. The predicted molar refractivity (Wildman–Crippen MR) is 137 cm³/mol. The van der Waals surface area contributed by atoms with Gasteiger partial charge in [-0.2, -0.15) is 5.10 Å². The van der Waals surface area contributed by atoms with Gasteiger partial charge < -0.3 is 14.1 Å². The summed E-state index contributed by atoms with van der Waals surface area (Å²) in [6.45, 7) is 2.75. The number of nitrogens with zero attached hydrogens (tertiary/aromatic N) is 6. The van der Waals surface area contributed by atoms with Crippen molar-refractivity contribution in [3.63, 3.8) is 0 Å². The van der Waals surface area contributed by atoms with Crippen LogP contribution in [-0.4, -0.2) is 34.5 Å². The number of hydrogen-bond acceptors (Lipinski definition) is 4. The molecule has 36 heavy (non-hydrogen) atoms. The fourth-order valence-corrected chi connectivity index (χ4v) is 4.93. The summed E-state index contributed by atoms with van der Waals surface area (Å²) in [5.41, 5.74) is 5.77. The molecule has 8 nitrogen and oxygen atoms in total. The van der Waals surface area contributed by atoms with Gasteiger partial charge in [0.05, 0.1) is 47.0 Å². The van der Waals surface area contributed by atoms with E-state index in [0.717, 1.165) is 24.2 Å². The van der Waals surface area contributed by atoms with Gasteiger partial charge in [-0.15, -0.1) is 0 Å². The number of carbonyl (C=O) groups is 1. The molecule has 184 valence electrons. The molecular weight excluding hydrogens is 525 g/mol. The van der Waals surface area contributed by atoms with Crippen LogP contribution in [0.3, 0.4) is 0 Å². The number of nitrogens with one attached hydrogen (secondary N) is 1. The van der Waals surface area contributed by atoms with E-state index in [1.807, 2.05) is 0 Å². The summed E-state index contributed by atoms with van der Waals surface area (Å²) in [5.74, 6) is -0.0285. The molecule has 0 bridgehead atoms. The minimum absolute atomic E-state index is 0.101. The lowest BCUT2D eigenvalue weighted by Crippen LogP contribution is -2.22. The van der Waals surface area contributed by atoms with E-state index in [0.29, 0.717) is 33.7 Å². The molecule has 5 heterocycles. The van der Waals surface area contributed by atoms with Crippen LogP contribution in [-0.2, 0) is 19.5 Å². The summed E-state index contributed by atoms with van der Waals surface area (Å²) >= 11 is 3.20. The lowest BCUT2D eigenvalue weighted by atomic mass is 10.1. The summed E-state index contributed by atoms with van der Waals surface area (Å²) in [6, 6.07) is 3.93. The normalized spacial score (nSPS) is 13.6. The predicted octanol–water partition coefficient (Wildman–Crippen LogP) is 4.89. The van der Waals surface area contributed by atoms with E-state index >= 15 is 0 Å². The Morgan fingerprint density at radius 1 is 1.25 bits per heavy atom. The Morgan fingerprint density at radius 2 is 2.11 bits per heavy atom. The molecule has 1 aliphatic carbocycles. The second kappa shape index (κ2) is 9.16. The van der Waals surface area contributed by atoms with E-state index in [1.165, 1.54) is 36.5 Å². The molecule has 5 aromatic rings. The maximum atomic E-state index is 14.5. The van der Waals surface area contributed by atoms with Crippen LogP contribution in [0.15, 0.2) is 53.9 Å². The molecule has 0 aromatic carbocycles. The summed E-state index contributed by atoms with van der Waals surface area (Å²) < 4.78 is 20.3. The quantitative estimate of drug-likeness (QED) is 0.299. The third-order valence-corrected chi connectivity index (χ3v) is 7.18. The monoisotopic (exact) mass is 549 g/mol. The van der Waals surface area contributed by atoms with Crippen LogP contribution in [0.2, 0.25) is 0 Å². The molecule has 1 amide bonds. The van der Waals surface area contributed by atoms with Gasteiger partial charge in [0, 0.05) is 24.8 Å². The van der Waals surface area contributed by atoms with Crippen molar-refractivity contribution in [1.29, 1.82) is 0 Å². The molecule has 1 N–H and O–H groups in total. The van der Waals surface area contributed by atoms with Crippen LogP contribution in [0.5, 0.6) is 0 Å². The minimum atomic E-state index is -0.411. The molecule has 0 spiro atoms. The number of aromatic nitrogens is 6. The first-order valence-electron chi connectivity index (χ1n) is 12.1. The molecule has 5 aromatic heterocycles. The van der Waals surface area contributed by atoms with Crippen molar-refractivity contribution in [2.24, 2.45) is 0 Å². The standard InChI is InChI=1S/C26H25BrFN7O/c1-2-3-17-8-18(16-4-5-16)11-34-13-20(32-25(17)34)14-35-12-19(9-31-35)26(36)29-10-22-24-23(28)21(27)6-7-33(24)15-30-22/h6-9,11-13,15-16H,2-5,10,14H2,1H3,(H,29,36). The summed E-state index contributed by atoms with van der Waals surface area (Å²) in [5, 5.41) is 7.17. The first-order chi connectivity index (χ1) is 17.5. The first-order valence-corrected chi connectivity index (χ1v) is 12.9. The summed E-state index contributed by atoms with van der Waals surface area (Å²) in [4.78, 5) is 21.8. The molecule has 0 unspecified atom stereocenters. The van der Waals surface area contributed by atoms with E-state index in [4.69, 9.17) is 4.98 Å². The molecule has 1 fully saturated rings. The van der Waals surface area contributed by atoms with Crippen molar-refractivity contribution >= 4 is 33.0 Å². The Balaban J connectivity index is 1.17. The van der Waals surface area contributed by atoms with Gasteiger partial charge in [0.2, 0.25) is 0 Å². The zero-order valence-electron chi connectivity index (χ0n) is 19.8. The molecule has 10 heteroatoms. The zero-order valence-corrected chi connectivity index (χ0v) is 21.4. The number of carbonyl (C=O) groups excluding carboxylic acids is 1. The van der Waals surface area contributed by atoms with Crippen molar-refractivity contribution in [2.45, 2.75) is 51.6 Å². The van der Waals surface area contributed by atoms with Crippen LogP contribution in [0.1, 0.15) is 65.0 Å². The van der Waals surface area contributed by atoms with Gasteiger partial charge in [-0.3, -0.25) is 9.48 Å². The van der Waals surface area contributed by atoms with Gasteiger partial charge in [0.25, 0.3) is 5.91 Å². The maximum absolute atomic E-state index is 14.5. The van der Waals surface area contributed by atoms with Crippen molar-refractivity contribution in [1.82, 2.24) is 33.9 Å². The maximum Gasteiger partial charge on any atom is 0.254 e. The minimum Gasteiger partial charge on any atom is -0.346 e. The van der Waals surface area contributed by atoms with Gasteiger partial charge in [-0.05, 0) is 58.3 Å². The van der Waals surface area contributed by atoms with Gasteiger partial charge >= 0.3 is 0 Å². The Morgan fingerprint density at radius 3 is 2.92 bits per heavy atom. The summed E-state index contributed by atoms with van der Waals surface area (Å²) in [7, 11) is 0. The van der Waals surface area contributed by atoms with E-state index in [-0.39, 0.29) is 12.5 Å². The van der Waals surface area contributed by atoms with E-state index < -0.39 is 5.82 Å². The number of hydrogen-bond donors (Lipinski definition) is 1. The van der Waals surface area contributed by atoms with Crippen LogP contribution in [0, 0.1) is 5.82 Å². The summed E-state index contributed by atoms with van der Waals surface area (Å²) in [6.07, 6.45) is 15.3. The molecular formula is C26H25BrFN7O. The van der Waals surface area contributed by atoms with Crippen molar-refractivity contribution in [3.8, 4) is 0 Å². The number of fused-ring (bicyclic) bond motifs is 2. The molecule has 1 saturated carbocycles. The van der Waals surface area contributed by atoms with Crippen LogP contribution >= 0.6 is 15.9 Å². The second-order valence-electron chi connectivity index (χ2n) is 9.32. The third kappa shape index (κ3) is 4.30. The van der Waals surface area contributed by atoms with Crippen molar-refractivity contribution < 1.29 is 9.18 Å². The fourth-order valence-electron chi connectivity index (χ4n) is 4.63. The first kappa shape index (κ1) is 22.9. The zero-order chi connectivity index (χ0) is 24.8. The topological polar surface area (TPSA) is 81.5 Å². The molecule has 0 atom stereocenters. The van der Waals surface area contributed by atoms with Crippen molar-refractivity contribution in [3.05, 3.63) is 87.8 Å². The Hall–Kier alpha value is -3.53. The lowest BCUT2D eigenvalue weighted by Gasteiger charge is -2.06. The number of pyridine rings is 2. The van der Waals surface area contributed by atoms with E-state index in [2.05, 4.69) is 61.1 Å². The average Bonchev–Trinajstić information content (AvgIpc) is 3.27. The van der Waals surface area contributed by atoms with Gasteiger partial charge in [-0.1, -0.05) is 19.4 Å².